The smallest absolute Gasteiger partial charge is 0.0931 e. The normalized spacial score (nSPS) is 26.7. The van der Waals surface area contributed by atoms with E-state index in [9.17, 15) is 0 Å². The number of likely N-dealkylation sites (N-methyl/N-ethyl adjacent to an activating group) is 1. The molecule has 0 amide bonds. The lowest BCUT2D eigenvalue weighted by atomic mass is 9.85. The Morgan fingerprint density at radius 3 is 2.75 bits per heavy atom. The molecule has 1 aromatic heterocycles. The Labute approximate surface area is 132 Å². The summed E-state index contributed by atoms with van der Waals surface area (Å²) in [6, 6.07) is 5.27. The number of nitrogens with two attached hydrogens (primary N) is 1. The van der Waals surface area contributed by atoms with E-state index in [1.54, 1.807) is 11.3 Å². The zero-order valence-corrected chi connectivity index (χ0v) is 14.4. The Morgan fingerprint density at radius 2 is 2.20 bits per heavy atom. The van der Waals surface area contributed by atoms with Gasteiger partial charge in [0.1, 0.15) is 0 Å². The zero-order chi connectivity index (χ0) is 14.7. The first-order valence-electron chi connectivity index (χ1n) is 7.75. The van der Waals surface area contributed by atoms with E-state index in [1.807, 2.05) is 6.07 Å². The molecule has 1 fully saturated rings. The van der Waals surface area contributed by atoms with Crippen molar-refractivity contribution in [3.63, 3.8) is 0 Å². The Kier molecular flexibility index (Phi) is 5.91. The van der Waals surface area contributed by atoms with Crippen LogP contribution in [0.1, 0.15) is 56.9 Å². The zero-order valence-electron chi connectivity index (χ0n) is 12.8. The minimum Gasteiger partial charge on any atom is -0.326 e. The number of rotatable bonds is 5. The van der Waals surface area contributed by atoms with E-state index in [1.165, 1.54) is 30.6 Å². The van der Waals surface area contributed by atoms with Gasteiger partial charge in [0.2, 0.25) is 0 Å². The lowest BCUT2D eigenvalue weighted by Gasteiger charge is -2.40. The molecular formula is C16H27ClN2S. The van der Waals surface area contributed by atoms with Gasteiger partial charge in [-0.3, -0.25) is 4.90 Å². The van der Waals surface area contributed by atoms with Crippen molar-refractivity contribution in [3.05, 3.63) is 21.3 Å². The summed E-state index contributed by atoms with van der Waals surface area (Å²) in [6.45, 7) is 4.54. The molecule has 0 aromatic carbocycles. The molecule has 0 bridgehead atoms. The number of halogens is 1. The highest BCUT2D eigenvalue weighted by molar-refractivity contribution is 7.16. The van der Waals surface area contributed by atoms with E-state index < -0.39 is 0 Å². The molecule has 1 saturated carbocycles. The van der Waals surface area contributed by atoms with Crippen molar-refractivity contribution in [2.45, 2.75) is 64.1 Å². The summed E-state index contributed by atoms with van der Waals surface area (Å²) >= 11 is 7.80. The summed E-state index contributed by atoms with van der Waals surface area (Å²) in [5, 5.41) is 0. The monoisotopic (exact) mass is 314 g/mol. The topological polar surface area (TPSA) is 29.3 Å². The predicted molar refractivity (Wildman–Crippen MR) is 89.5 cm³/mol. The summed E-state index contributed by atoms with van der Waals surface area (Å²) in [6.07, 6.45) is 6.30. The molecule has 0 spiro atoms. The second-order valence-electron chi connectivity index (χ2n) is 6.25. The summed E-state index contributed by atoms with van der Waals surface area (Å²) in [5.74, 6) is 0.835. The van der Waals surface area contributed by atoms with Crippen molar-refractivity contribution in [2.75, 3.05) is 7.05 Å². The van der Waals surface area contributed by atoms with E-state index in [4.69, 9.17) is 17.3 Å². The van der Waals surface area contributed by atoms with E-state index in [0.29, 0.717) is 12.1 Å². The molecule has 1 aliphatic rings. The molecule has 0 radical (unpaired) electrons. The largest absolute Gasteiger partial charge is 0.326 e. The lowest BCUT2D eigenvalue weighted by molar-refractivity contribution is 0.104. The molecule has 0 saturated heterocycles. The average molecular weight is 315 g/mol. The van der Waals surface area contributed by atoms with Gasteiger partial charge in [0.25, 0.3) is 0 Å². The summed E-state index contributed by atoms with van der Waals surface area (Å²) in [4.78, 5) is 3.83. The number of thiophene rings is 1. The standard InChI is InChI=1S/C16H27ClN2S/c1-4-13(18)16(14-8-9-15(17)20-14)19(3)12-7-5-6-11(2)10-12/h8-9,11-13,16H,4-7,10,18H2,1-3H3. The van der Waals surface area contributed by atoms with Crippen LogP contribution in [0, 0.1) is 5.92 Å². The van der Waals surface area contributed by atoms with Crippen LogP contribution in [0.3, 0.4) is 0 Å². The minimum atomic E-state index is 0.173. The third-order valence-corrected chi connectivity index (χ3v) is 5.99. The summed E-state index contributed by atoms with van der Waals surface area (Å²) in [7, 11) is 2.25. The van der Waals surface area contributed by atoms with Crippen LogP contribution in [-0.2, 0) is 0 Å². The fourth-order valence-corrected chi connectivity index (χ4v) is 4.71. The number of hydrogen-bond acceptors (Lipinski definition) is 3. The van der Waals surface area contributed by atoms with E-state index in [-0.39, 0.29) is 6.04 Å². The predicted octanol–water partition coefficient (Wildman–Crippen LogP) is 4.69. The van der Waals surface area contributed by atoms with Crippen molar-refractivity contribution < 1.29 is 0 Å². The van der Waals surface area contributed by atoms with E-state index in [2.05, 4.69) is 31.9 Å². The maximum Gasteiger partial charge on any atom is 0.0931 e. The molecule has 2 N–H and O–H groups in total. The molecular weight excluding hydrogens is 288 g/mol. The van der Waals surface area contributed by atoms with Crippen molar-refractivity contribution in [1.82, 2.24) is 4.90 Å². The molecule has 2 rings (SSSR count). The van der Waals surface area contributed by atoms with Crippen LogP contribution in [0.2, 0.25) is 4.34 Å². The lowest BCUT2D eigenvalue weighted by Crippen LogP contribution is -2.45. The van der Waals surface area contributed by atoms with Gasteiger partial charge >= 0.3 is 0 Å². The van der Waals surface area contributed by atoms with Gasteiger partial charge in [0, 0.05) is 17.0 Å². The SMILES string of the molecule is CCC(N)C(c1ccc(Cl)s1)N(C)C1CCCC(C)C1. The first kappa shape index (κ1) is 16.3. The van der Waals surface area contributed by atoms with E-state index >= 15 is 0 Å². The van der Waals surface area contributed by atoms with Gasteiger partial charge in [-0.15, -0.1) is 11.3 Å². The van der Waals surface area contributed by atoms with Gasteiger partial charge in [0.05, 0.1) is 10.4 Å². The molecule has 1 aromatic rings. The first-order valence-corrected chi connectivity index (χ1v) is 8.95. The van der Waals surface area contributed by atoms with Crippen LogP contribution >= 0.6 is 22.9 Å². The molecule has 20 heavy (non-hydrogen) atoms. The van der Waals surface area contributed by atoms with Gasteiger partial charge in [-0.05, 0) is 44.4 Å². The molecule has 1 heterocycles. The molecule has 114 valence electrons. The first-order chi connectivity index (χ1) is 9.52. The van der Waals surface area contributed by atoms with Crippen molar-refractivity contribution in [3.8, 4) is 0 Å². The van der Waals surface area contributed by atoms with Crippen LogP contribution < -0.4 is 5.73 Å². The summed E-state index contributed by atoms with van der Waals surface area (Å²) in [5.41, 5.74) is 6.42. The third-order valence-electron chi connectivity index (χ3n) is 4.69. The Morgan fingerprint density at radius 1 is 1.45 bits per heavy atom. The number of nitrogens with zero attached hydrogens (tertiary/aromatic N) is 1. The van der Waals surface area contributed by atoms with E-state index in [0.717, 1.165) is 16.7 Å². The highest BCUT2D eigenvalue weighted by atomic mass is 35.5. The van der Waals surface area contributed by atoms with Crippen LogP contribution in [0.4, 0.5) is 0 Å². The quantitative estimate of drug-likeness (QED) is 0.854. The minimum absolute atomic E-state index is 0.173. The van der Waals surface area contributed by atoms with Crippen LogP contribution in [0.25, 0.3) is 0 Å². The van der Waals surface area contributed by atoms with Gasteiger partial charge in [0.15, 0.2) is 0 Å². The van der Waals surface area contributed by atoms with Gasteiger partial charge < -0.3 is 5.73 Å². The van der Waals surface area contributed by atoms with Gasteiger partial charge in [-0.25, -0.2) is 0 Å². The highest BCUT2D eigenvalue weighted by Crippen LogP contribution is 2.37. The second-order valence-corrected chi connectivity index (χ2v) is 8.00. The van der Waals surface area contributed by atoms with Crippen LogP contribution in [-0.4, -0.2) is 24.0 Å². The summed E-state index contributed by atoms with van der Waals surface area (Å²) < 4.78 is 0.860. The molecule has 4 atom stereocenters. The van der Waals surface area contributed by atoms with Gasteiger partial charge in [-0.1, -0.05) is 38.3 Å². The number of hydrogen-bond donors (Lipinski definition) is 1. The fraction of sp³-hybridized carbons (Fsp3) is 0.750. The molecule has 4 heteroatoms. The third kappa shape index (κ3) is 3.76. The second kappa shape index (κ2) is 7.26. The Bertz CT molecular complexity index is 420. The van der Waals surface area contributed by atoms with Crippen molar-refractivity contribution in [1.29, 1.82) is 0 Å². The van der Waals surface area contributed by atoms with Crippen molar-refractivity contribution in [2.24, 2.45) is 11.7 Å². The molecule has 0 aliphatic heterocycles. The van der Waals surface area contributed by atoms with Crippen LogP contribution in [0.5, 0.6) is 0 Å². The maximum atomic E-state index is 6.42. The van der Waals surface area contributed by atoms with Gasteiger partial charge in [-0.2, -0.15) is 0 Å². The van der Waals surface area contributed by atoms with Crippen molar-refractivity contribution >= 4 is 22.9 Å². The fourth-order valence-electron chi connectivity index (χ4n) is 3.42. The Hall–Kier alpha value is -0.0900. The van der Waals surface area contributed by atoms with Crippen LogP contribution in [0.15, 0.2) is 12.1 Å². The molecule has 4 unspecified atom stereocenters. The molecule has 2 nitrogen and oxygen atoms in total. The Balaban J connectivity index is 2.17. The molecule has 1 aliphatic carbocycles. The maximum absolute atomic E-state index is 6.42. The highest BCUT2D eigenvalue weighted by Gasteiger charge is 2.31. The average Bonchev–Trinajstić information content (AvgIpc) is 2.85.